The third kappa shape index (κ3) is 5.40. The summed E-state index contributed by atoms with van der Waals surface area (Å²) >= 11 is 0. The Labute approximate surface area is 155 Å². The number of nitrogens with one attached hydrogen (secondary N) is 1. The van der Waals surface area contributed by atoms with E-state index in [1.807, 2.05) is 0 Å². The molecule has 8 heteroatoms. The van der Waals surface area contributed by atoms with Gasteiger partial charge in [0.15, 0.2) is 6.61 Å². The van der Waals surface area contributed by atoms with Crippen molar-refractivity contribution in [2.24, 2.45) is 0 Å². The molecule has 0 aliphatic carbocycles. The van der Waals surface area contributed by atoms with E-state index < -0.39 is 17.8 Å². The van der Waals surface area contributed by atoms with E-state index in [2.05, 4.69) is 14.8 Å². The molecule has 2 aromatic carbocycles. The largest absolute Gasteiger partial charge is 0.484 e. The lowest BCUT2D eigenvalue weighted by Crippen LogP contribution is -2.21. The minimum absolute atomic E-state index is 0.0843. The zero-order valence-corrected chi connectivity index (χ0v) is 14.7. The Morgan fingerprint density at radius 3 is 1.96 bits per heavy atom. The van der Waals surface area contributed by atoms with Crippen LogP contribution in [0.4, 0.5) is 5.69 Å². The maximum atomic E-state index is 12.1. The van der Waals surface area contributed by atoms with Crippen LogP contribution in [0.3, 0.4) is 0 Å². The number of carbonyl (C=O) groups is 4. The Morgan fingerprint density at radius 2 is 1.48 bits per heavy atom. The summed E-state index contributed by atoms with van der Waals surface area (Å²) in [6.45, 7) is -0.309. The maximum Gasteiger partial charge on any atom is 0.337 e. The molecule has 0 spiro atoms. The lowest BCUT2D eigenvalue weighted by molar-refractivity contribution is -0.118. The molecule has 1 N–H and O–H groups in total. The number of aldehydes is 1. The van der Waals surface area contributed by atoms with Crippen molar-refractivity contribution >= 4 is 29.8 Å². The topological polar surface area (TPSA) is 108 Å². The monoisotopic (exact) mass is 371 g/mol. The number of anilines is 1. The van der Waals surface area contributed by atoms with E-state index in [1.165, 1.54) is 32.4 Å². The molecule has 0 heterocycles. The molecule has 140 valence electrons. The van der Waals surface area contributed by atoms with Gasteiger partial charge in [-0.1, -0.05) is 0 Å². The van der Waals surface area contributed by atoms with Crippen LogP contribution in [0, 0.1) is 0 Å². The van der Waals surface area contributed by atoms with Gasteiger partial charge >= 0.3 is 11.9 Å². The average Bonchev–Trinajstić information content (AvgIpc) is 2.71. The van der Waals surface area contributed by atoms with Gasteiger partial charge in [-0.2, -0.15) is 0 Å². The second kappa shape index (κ2) is 9.14. The van der Waals surface area contributed by atoms with Crippen molar-refractivity contribution in [3.05, 3.63) is 59.2 Å². The minimum atomic E-state index is -0.664. The average molecular weight is 371 g/mol. The van der Waals surface area contributed by atoms with E-state index in [1.54, 1.807) is 24.3 Å². The quantitative estimate of drug-likeness (QED) is 0.586. The van der Waals surface area contributed by atoms with Crippen LogP contribution in [0.5, 0.6) is 5.75 Å². The molecule has 27 heavy (non-hydrogen) atoms. The summed E-state index contributed by atoms with van der Waals surface area (Å²) in [5, 5.41) is 2.54. The smallest absolute Gasteiger partial charge is 0.337 e. The van der Waals surface area contributed by atoms with E-state index in [-0.39, 0.29) is 23.4 Å². The second-order valence-electron chi connectivity index (χ2n) is 5.31. The van der Waals surface area contributed by atoms with Gasteiger partial charge in [0.1, 0.15) is 12.0 Å². The molecular formula is C19H17NO7. The fraction of sp³-hybridized carbons (Fsp3) is 0.158. The van der Waals surface area contributed by atoms with Gasteiger partial charge in [-0.25, -0.2) is 9.59 Å². The molecule has 0 atom stereocenters. The first-order valence-electron chi connectivity index (χ1n) is 7.76. The van der Waals surface area contributed by atoms with Crippen LogP contribution in [0.1, 0.15) is 31.1 Å². The second-order valence-corrected chi connectivity index (χ2v) is 5.31. The van der Waals surface area contributed by atoms with Crippen molar-refractivity contribution in [3.8, 4) is 5.75 Å². The van der Waals surface area contributed by atoms with Gasteiger partial charge in [0.25, 0.3) is 5.91 Å². The van der Waals surface area contributed by atoms with Crippen molar-refractivity contribution in [2.45, 2.75) is 0 Å². The highest BCUT2D eigenvalue weighted by atomic mass is 16.5. The number of esters is 2. The van der Waals surface area contributed by atoms with E-state index >= 15 is 0 Å². The first kappa shape index (κ1) is 19.6. The van der Waals surface area contributed by atoms with Gasteiger partial charge in [-0.3, -0.25) is 9.59 Å². The number of rotatable bonds is 7. The van der Waals surface area contributed by atoms with Gasteiger partial charge in [0.05, 0.1) is 25.3 Å². The number of hydrogen-bond acceptors (Lipinski definition) is 7. The highest BCUT2D eigenvalue weighted by Crippen LogP contribution is 2.17. The van der Waals surface area contributed by atoms with Crippen molar-refractivity contribution in [3.63, 3.8) is 0 Å². The third-order valence-corrected chi connectivity index (χ3v) is 3.45. The number of methoxy groups -OCH3 is 2. The maximum absolute atomic E-state index is 12.1. The lowest BCUT2D eigenvalue weighted by atomic mass is 10.1. The number of ether oxygens (including phenoxy) is 3. The molecule has 0 aliphatic heterocycles. The Morgan fingerprint density at radius 1 is 0.926 bits per heavy atom. The van der Waals surface area contributed by atoms with Crippen LogP contribution in [0.25, 0.3) is 0 Å². The van der Waals surface area contributed by atoms with Crippen LogP contribution >= 0.6 is 0 Å². The molecule has 8 nitrogen and oxygen atoms in total. The molecule has 1 amide bonds. The molecule has 0 fully saturated rings. The summed E-state index contributed by atoms with van der Waals surface area (Å²) in [5.41, 5.74) is 0.868. The molecule has 0 aromatic heterocycles. The summed E-state index contributed by atoms with van der Waals surface area (Å²) in [7, 11) is 2.41. The van der Waals surface area contributed by atoms with Gasteiger partial charge in [-0.05, 0) is 42.5 Å². The van der Waals surface area contributed by atoms with Crippen LogP contribution in [-0.2, 0) is 14.3 Å². The Bertz CT molecular complexity index is 825. The summed E-state index contributed by atoms with van der Waals surface area (Å²) in [5.74, 6) is -1.42. The van der Waals surface area contributed by atoms with Gasteiger partial charge in [-0.15, -0.1) is 0 Å². The first-order chi connectivity index (χ1) is 13.0. The van der Waals surface area contributed by atoms with Crippen LogP contribution in [0.2, 0.25) is 0 Å². The van der Waals surface area contributed by atoms with Crippen LogP contribution in [-0.4, -0.2) is 45.0 Å². The van der Waals surface area contributed by atoms with Gasteiger partial charge in [0.2, 0.25) is 0 Å². The molecule has 0 saturated carbocycles. The standard InChI is InChI=1S/C19H17NO7/c1-25-18(23)13-7-14(19(24)26-2)9-15(8-13)20-17(22)11-27-16-5-3-12(10-21)4-6-16/h3-10H,11H2,1-2H3,(H,20,22). The molecule has 0 unspecified atom stereocenters. The molecule has 2 aromatic rings. The Balaban J connectivity index is 2.09. The van der Waals surface area contributed by atoms with Crippen molar-refractivity contribution in [1.82, 2.24) is 0 Å². The van der Waals surface area contributed by atoms with E-state index in [0.29, 0.717) is 17.6 Å². The summed E-state index contributed by atoms with van der Waals surface area (Å²) in [6.07, 6.45) is 0.698. The SMILES string of the molecule is COC(=O)c1cc(NC(=O)COc2ccc(C=O)cc2)cc(C(=O)OC)c1. The Hall–Kier alpha value is -3.68. The van der Waals surface area contributed by atoms with Crippen LogP contribution < -0.4 is 10.1 Å². The minimum Gasteiger partial charge on any atom is -0.484 e. The predicted octanol–water partition coefficient (Wildman–Crippen LogP) is 2.09. The summed E-state index contributed by atoms with van der Waals surface area (Å²) in [4.78, 5) is 46.2. The fourth-order valence-electron chi connectivity index (χ4n) is 2.16. The van der Waals surface area contributed by atoms with Crippen molar-refractivity contribution in [1.29, 1.82) is 0 Å². The summed E-state index contributed by atoms with van der Waals surface area (Å²) < 4.78 is 14.6. The van der Waals surface area contributed by atoms with Gasteiger partial charge < -0.3 is 19.5 Å². The molecule has 0 radical (unpaired) electrons. The predicted molar refractivity (Wildman–Crippen MR) is 95.1 cm³/mol. The highest BCUT2D eigenvalue weighted by Gasteiger charge is 2.15. The fourth-order valence-corrected chi connectivity index (χ4v) is 2.16. The zero-order valence-electron chi connectivity index (χ0n) is 14.7. The third-order valence-electron chi connectivity index (χ3n) is 3.45. The molecule has 2 rings (SSSR count). The van der Waals surface area contributed by atoms with Gasteiger partial charge in [0, 0.05) is 11.3 Å². The zero-order chi connectivity index (χ0) is 19.8. The van der Waals surface area contributed by atoms with E-state index in [4.69, 9.17) is 4.74 Å². The molecule has 0 aliphatic rings. The summed E-state index contributed by atoms with van der Waals surface area (Å²) in [6, 6.07) is 10.3. The van der Waals surface area contributed by atoms with E-state index in [0.717, 1.165) is 0 Å². The number of benzene rings is 2. The van der Waals surface area contributed by atoms with Crippen molar-refractivity contribution < 1.29 is 33.4 Å². The Kier molecular flexibility index (Phi) is 6.65. The molecular weight excluding hydrogens is 354 g/mol. The number of carbonyl (C=O) groups excluding carboxylic acids is 4. The number of hydrogen-bond donors (Lipinski definition) is 1. The van der Waals surface area contributed by atoms with Crippen LogP contribution in [0.15, 0.2) is 42.5 Å². The lowest BCUT2D eigenvalue weighted by Gasteiger charge is -2.10. The first-order valence-corrected chi connectivity index (χ1v) is 7.76. The normalized spacial score (nSPS) is 9.85. The van der Waals surface area contributed by atoms with E-state index in [9.17, 15) is 19.2 Å². The molecule has 0 bridgehead atoms. The highest BCUT2D eigenvalue weighted by molar-refractivity contribution is 5.99. The molecule has 0 saturated heterocycles. The number of amides is 1. The van der Waals surface area contributed by atoms with Crippen molar-refractivity contribution in [2.75, 3.05) is 26.1 Å².